The van der Waals surface area contributed by atoms with Crippen molar-refractivity contribution < 1.29 is 4.74 Å². The van der Waals surface area contributed by atoms with Crippen LogP contribution < -0.4 is 4.74 Å². The van der Waals surface area contributed by atoms with E-state index < -0.39 is 0 Å². The maximum absolute atomic E-state index is 5.31. The van der Waals surface area contributed by atoms with Gasteiger partial charge < -0.3 is 9.64 Å². The zero-order valence-electron chi connectivity index (χ0n) is 11.1. The Morgan fingerprint density at radius 2 is 2.11 bits per heavy atom. The predicted molar refractivity (Wildman–Crippen MR) is 81.1 cm³/mol. The van der Waals surface area contributed by atoms with Crippen LogP contribution >= 0.6 is 23.3 Å². The normalized spacial score (nSPS) is 18.0. The third kappa shape index (κ3) is 2.72. The van der Waals surface area contributed by atoms with E-state index in [1.165, 1.54) is 10.3 Å². The van der Waals surface area contributed by atoms with Crippen molar-refractivity contribution >= 4 is 33.4 Å². The molecule has 0 amide bonds. The molecule has 1 saturated heterocycles. The molecule has 1 fully saturated rings. The Hall–Kier alpha value is -0.820. The van der Waals surface area contributed by atoms with E-state index >= 15 is 0 Å². The van der Waals surface area contributed by atoms with Gasteiger partial charge in [0.25, 0.3) is 0 Å². The minimum Gasteiger partial charge on any atom is -0.480 e. The van der Waals surface area contributed by atoms with Gasteiger partial charge in [-0.2, -0.15) is 0 Å². The monoisotopic (exact) mass is 295 g/mol. The molecule has 0 aliphatic carbocycles. The number of ether oxygens (including phenoxy) is 1. The third-order valence-electron chi connectivity index (χ3n) is 3.30. The molecule has 6 heteroatoms. The van der Waals surface area contributed by atoms with Crippen molar-refractivity contribution in [2.75, 3.05) is 40.3 Å². The quantitative estimate of drug-likeness (QED) is 0.812. The maximum atomic E-state index is 5.31. The van der Waals surface area contributed by atoms with Gasteiger partial charge in [-0.25, -0.2) is 9.29 Å². The second-order valence-electron chi connectivity index (χ2n) is 4.62. The van der Waals surface area contributed by atoms with Crippen LogP contribution in [0.15, 0.2) is 22.5 Å². The van der Waals surface area contributed by atoms with Crippen LogP contribution in [0.5, 0.6) is 5.88 Å². The van der Waals surface area contributed by atoms with E-state index in [0.717, 1.165) is 36.8 Å². The summed E-state index contributed by atoms with van der Waals surface area (Å²) in [7, 11) is 3.85. The zero-order valence-corrected chi connectivity index (χ0v) is 12.8. The number of rotatable bonds is 3. The fraction of sp³-hybridized carbons (Fsp3) is 0.462. The average Bonchev–Trinajstić information content (AvgIpc) is 2.84. The van der Waals surface area contributed by atoms with Gasteiger partial charge in [-0.15, -0.1) is 11.3 Å². The molecule has 0 saturated carbocycles. The van der Waals surface area contributed by atoms with Crippen LogP contribution in [0, 0.1) is 0 Å². The summed E-state index contributed by atoms with van der Waals surface area (Å²) in [5.74, 6) is 0.729. The molecule has 0 bridgehead atoms. The smallest absolute Gasteiger partial charge is 0.231 e. The number of piperazine rings is 1. The number of methoxy groups -OCH3 is 1. The third-order valence-corrected chi connectivity index (χ3v) is 5.59. The molecule has 3 rings (SSSR count). The minimum absolute atomic E-state index is 0.729. The van der Waals surface area contributed by atoms with Crippen molar-refractivity contribution in [3.63, 3.8) is 0 Å². The lowest BCUT2D eigenvalue weighted by atomic mass is 10.3. The molecule has 1 aliphatic rings. The molecule has 0 aromatic carbocycles. The van der Waals surface area contributed by atoms with Crippen molar-refractivity contribution in [3.8, 4) is 5.88 Å². The Balaban J connectivity index is 1.82. The molecule has 102 valence electrons. The first-order valence-corrected chi connectivity index (χ1v) is 7.95. The Morgan fingerprint density at radius 3 is 2.84 bits per heavy atom. The lowest BCUT2D eigenvalue weighted by Crippen LogP contribution is -2.40. The molecule has 19 heavy (non-hydrogen) atoms. The molecule has 1 aliphatic heterocycles. The molecule has 0 spiro atoms. The molecular weight excluding hydrogens is 278 g/mol. The van der Waals surface area contributed by atoms with Gasteiger partial charge in [0.1, 0.15) is 0 Å². The number of hydrogen-bond acceptors (Lipinski definition) is 6. The summed E-state index contributed by atoms with van der Waals surface area (Å²) in [4.78, 5) is 7.94. The highest BCUT2D eigenvalue weighted by Gasteiger charge is 2.17. The Kier molecular flexibility index (Phi) is 3.93. The van der Waals surface area contributed by atoms with Gasteiger partial charge in [-0.3, -0.25) is 0 Å². The molecule has 2 aromatic rings. The number of thiophene rings is 1. The molecule has 0 N–H and O–H groups in total. The summed E-state index contributed by atoms with van der Waals surface area (Å²) >= 11 is 3.56. The summed E-state index contributed by atoms with van der Waals surface area (Å²) in [5.41, 5.74) is 0. The van der Waals surface area contributed by atoms with E-state index in [1.54, 1.807) is 18.4 Å². The van der Waals surface area contributed by atoms with Crippen molar-refractivity contribution in [1.29, 1.82) is 0 Å². The van der Waals surface area contributed by atoms with Crippen molar-refractivity contribution in [2.24, 2.45) is 0 Å². The topological polar surface area (TPSA) is 28.6 Å². The zero-order chi connectivity index (χ0) is 13.2. The maximum Gasteiger partial charge on any atom is 0.231 e. The Labute approximate surface area is 121 Å². The molecule has 4 nitrogen and oxygen atoms in total. The van der Waals surface area contributed by atoms with Crippen LogP contribution in [0.1, 0.15) is 0 Å². The van der Waals surface area contributed by atoms with Crippen molar-refractivity contribution in [2.45, 2.75) is 4.90 Å². The van der Waals surface area contributed by atoms with Gasteiger partial charge in [-0.05, 0) is 25.1 Å². The second-order valence-corrected chi connectivity index (χ2v) is 6.64. The highest BCUT2D eigenvalue weighted by molar-refractivity contribution is 7.97. The van der Waals surface area contributed by atoms with E-state index in [2.05, 4.69) is 32.7 Å². The van der Waals surface area contributed by atoms with E-state index in [1.807, 2.05) is 18.1 Å². The highest BCUT2D eigenvalue weighted by atomic mass is 32.2. The predicted octanol–water partition coefficient (Wildman–Crippen LogP) is 2.56. The molecule has 0 radical (unpaired) electrons. The number of likely N-dealkylation sites (N-methyl/N-ethyl adjacent to an activating group) is 1. The first-order valence-electron chi connectivity index (χ1n) is 6.29. The number of fused-ring (bicyclic) bond motifs is 1. The second kappa shape index (κ2) is 5.66. The summed E-state index contributed by atoms with van der Waals surface area (Å²) in [6, 6.07) is 2.08. The van der Waals surface area contributed by atoms with Crippen LogP contribution in [-0.4, -0.2) is 54.5 Å². The number of aromatic nitrogens is 1. The fourth-order valence-corrected chi connectivity index (χ4v) is 4.31. The van der Waals surface area contributed by atoms with Crippen molar-refractivity contribution in [3.05, 3.63) is 17.6 Å². The van der Waals surface area contributed by atoms with Crippen LogP contribution in [0.4, 0.5) is 0 Å². The van der Waals surface area contributed by atoms with E-state index in [0.29, 0.717) is 0 Å². The lowest BCUT2D eigenvalue weighted by Gasteiger charge is -2.31. The first kappa shape index (κ1) is 13.2. The fourth-order valence-electron chi connectivity index (χ4n) is 2.15. The Morgan fingerprint density at radius 1 is 1.32 bits per heavy atom. The lowest BCUT2D eigenvalue weighted by molar-refractivity contribution is 0.233. The van der Waals surface area contributed by atoms with Crippen LogP contribution in [0.2, 0.25) is 0 Å². The van der Waals surface area contributed by atoms with Gasteiger partial charge in [0.2, 0.25) is 5.88 Å². The van der Waals surface area contributed by atoms with Crippen LogP contribution in [0.3, 0.4) is 0 Å². The van der Waals surface area contributed by atoms with Crippen LogP contribution in [-0.2, 0) is 0 Å². The SMILES string of the molecule is COc1nccc2c(SN3CCN(C)CC3)csc12. The molecule has 3 heterocycles. The summed E-state index contributed by atoms with van der Waals surface area (Å²) in [5, 5.41) is 3.46. The van der Waals surface area contributed by atoms with E-state index in [-0.39, 0.29) is 0 Å². The minimum atomic E-state index is 0.729. The van der Waals surface area contributed by atoms with Gasteiger partial charge in [0, 0.05) is 48.0 Å². The molecular formula is C13H17N3OS2. The summed E-state index contributed by atoms with van der Waals surface area (Å²) < 4.78 is 8.89. The molecule has 0 atom stereocenters. The van der Waals surface area contributed by atoms with E-state index in [9.17, 15) is 0 Å². The largest absolute Gasteiger partial charge is 0.480 e. The standard InChI is InChI=1S/C13H17N3OS2/c1-15-5-7-16(8-6-15)19-11-9-18-12-10(11)3-4-14-13(12)17-2/h3-4,9H,5-8H2,1-2H3. The summed E-state index contributed by atoms with van der Waals surface area (Å²) in [6.07, 6.45) is 1.82. The number of nitrogens with zero attached hydrogens (tertiary/aromatic N) is 3. The van der Waals surface area contributed by atoms with E-state index in [4.69, 9.17) is 4.74 Å². The molecule has 2 aromatic heterocycles. The molecule has 0 unspecified atom stereocenters. The van der Waals surface area contributed by atoms with Crippen molar-refractivity contribution in [1.82, 2.24) is 14.2 Å². The number of pyridine rings is 1. The van der Waals surface area contributed by atoms with Gasteiger partial charge in [0.05, 0.1) is 11.8 Å². The van der Waals surface area contributed by atoms with Crippen LogP contribution in [0.25, 0.3) is 10.1 Å². The van der Waals surface area contributed by atoms with Gasteiger partial charge in [0.15, 0.2) is 0 Å². The van der Waals surface area contributed by atoms with Gasteiger partial charge >= 0.3 is 0 Å². The first-order chi connectivity index (χ1) is 9.28. The average molecular weight is 295 g/mol. The summed E-state index contributed by atoms with van der Waals surface area (Å²) in [6.45, 7) is 4.50. The van der Waals surface area contributed by atoms with Gasteiger partial charge in [-0.1, -0.05) is 0 Å². The Bertz CT molecular complexity index is 564. The highest BCUT2D eigenvalue weighted by Crippen LogP contribution is 2.38. The number of hydrogen-bond donors (Lipinski definition) is 0.